The highest BCUT2D eigenvalue weighted by molar-refractivity contribution is 5.97. The molecule has 1 aromatic rings. The fourth-order valence-electron chi connectivity index (χ4n) is 2.38. The van der Waals surface area contributed by atoms with Crippen LogP contribution in [0.3, 0.4) is 0 Å². The minimum atomic E-state index is 0.242. The molecule has 2 aliphatic heterocycles. The Morgan fingerprint density at radius 2 is 2.12 bits per heavy atom. The number of amides is 1. The van der Waals surface area contributed by atoms with Crippen LogP contribution in [0.25, 0.3) is 0 Å². The molecule has 3 rings (SSSR count). The summed E-state index contributed by atoms with van der Waals surface area (Å²) in [4.78, 5) is 13.9. The number of carbonyl (C=O) groups excluding carboxylic acids is 1. The number of aryl methyl sites for hydroxylation is 2. The smallest absolute Gasteiger partial charge is 0.227 e. The van der Waals surface area contributed by atoms with Gasteiger partial charge in [-0.1, -0.05) is 12.1 Å². The van der Waals surface area contributed by atoms with Crippen LogP contribution in [-0.2, 0) is 16.0 Å². The van der Waals surface area contributed by atoms with Gasteiger partial charge in [-0.3, -0.25) is 4.79 Å². The fraction of sp³-hybridized carbons (Fsp3) is 0.462. The van der Waals surface area contributed by atoms with Crippen molar-refractivity contribution in [1.29, 1.82) is 0 Å². The zero-order chi connectivity index (χ0) is 11.1. The molecule has 1 saturated heterocycles. The maximum atomic E-state index is 12.0. The zero-order valence-corrected chi connectivity index (χ0v) is 9.40. The second-order valence-electron chi connectivity index (χ2n) is 4.59. The SMILES string of the molecule is Cc1ccc2c(c1)N(C1COC1)C(=O)CC2. The summed E-state index contributed by atoms with van der Waals surface area (Å²) in [6.45, 7) is 3.42. The fourth-order valence-corrected chi connectivity index (χ4v) is 2.38. The molecule has 2 heterocycles. The summed E-state index contributed by atoms with van der Waals surface area (Å²) >= 11 is 0. The third-order valence-electron chi connectivity index (χ3n) is 3.36. The van der Waals surface area contributed by atoms with E-state index in [4.69, 9.17) is 4.74 Å². The van der Waals surface area contributed by atoms with Crippen LogP contribution < -0.4 is 4.90 Å². The van der Waals surface area contributed by atoms with Crippen LogP contribution >= 0.6 is 0 Å². The molecule has 0 atom stereocenters. The van der Waals surface area contributed by atoms with Gasteiger partial charge in [-0.15, -0.1) is 0 Å². The lowest BCUT2D eigenvalue weighted by molar-refractivity contribution is -0.121. The zero-order valence-electron chi connectivity index (χ0n) is 9.40. The minimum Gasteiger partial charge on any atom is -0.377 e. The van der Waals surface area contributed by atoms with Crippen molar-refractivity contribution in [2.75, 3.05) is 18.1 Å². The lowest BCUT2D eigenvalue weighted by Gasteiger charge is -2.40. The van der Waals surface area contributed by atoms with Gasteiger partial charge in [-0.25, -0.2) is 0 Å². The molecule has 0 aromatic heterocycles. The Labute approximate surface area is 95.0 Å². The van der Waals surface area contributed by atoms with Crippen molar-refractivity contribution in [2.24, 2.45) is 0 Å². The van der Waals surface area contributed by atoms with Crippen molar-refractivity contribution in [2.45, 2.75) is 25.8 Å². The molecule has 0 saturated carbocycles. The molecule has 3 heteroatoms. The molecule has 2 aliphatic rings. The number of carbonyl (C=O) groups is 1. The Hall–Kier alpha value is -1.35. The van der Waals surface area contributed by atoms with Crippen molar-refractivity contribution in [1.82, 2.24) is 0 Å². The summed E-state index contributed by atoms with van der Waals surface area (Å²) in [5, 5.41) is 0. The first-order chi connectivity index (χ1) is 7.75. The van der Waals surface area contributed by atoms with Gasteiger partial charge in [0.2, 0.25) is 5.91 Å². The largest absolute Gasteiger partial charge is 0.377 e. The number of hydrogen-bond donors (Lipinski definition) is 0. The molecule has 0 N–H and O–H groups in total. The molecule has 1 amide bonds. The van der Waals surface area contributed by atoms with Crippen molar-refractivity contribution in [3.63, 3.8) is 0 Å². The number of hydrogen-bond acceptors (Lipinski definition) is 2. The van der Waals surface area contributed by atoms with E-state index in [1.54, 1.807) is 0 Å². The molecule has 84 valence electrons. The van der Waals surface area contributed by atoms with Crippen molar-refractivity contribution in [3.8, 4) is 0 Å². The van der Waals surface area contributed by atoms with E-state index in [9.17, 15) is 4.79 Å². The number of fused-ring (bicyclic) bond motifs is 1. The van der Waals surface area contributed by atoms with Crippen molar-refractivity contribution in [3.05, 3.63) is 29.3 Å². The topological polar surface area (TPSA) is 29.5 Å². The van der Waals surface area contributed by atoms with Crippen LogP contribution in [0.4, 0.5) is 5.69 Å². The lowest BCUT2D eigenvalue weighted by Crippen LogP contribution is -2.53. The number of nitrogens with zero attached hydrogens (tertiary/aromatic N) is 1. The third-order valence-corrected chi connectivity index (χ3v) is 3.36. The van der Waals surface area contributed by atoms with Crippen LogP contribution in [0.1, 0.15) is 17.5 Å². The van der Waals surface area contributed by atoms with E-state index in [1.165, 1.54) is 11.1 Å². The molecule has 0 radical (unpaired) electrons. The van der Waals surface area contributed by atoms with Crippen LogP contribution in [-0.4, -0.2) is 25.2 Å². The summed E-state index contributed by atoms with van der Waals surface area (Å²) in [5.41, 5.74) is 3.60. The van der Waals surface area contributed by atoms with Gasteiger partial charge in [0.15, 0.2) is 0 Å². The first-order valence-corrected chi connectivity index (χ1v) is 5.75. The lowest BCUT2D eigenvalue weighted by atomic mass is 9.97. The van der Waals surface area contributed by atoms with Gasteiger partial charge >= 0.3 is 0 Å². The number of benzene rings is 1. The summed E-state index contributed by atoms with van der Waals surface area (Å²) < 4.78 is 5.19. The van der Waals surface area contributed by atoms with E-state index in [1.807, 2.05) is 4.90 Å². The average molecular weight is 217 g/mol. The van der Waals surface area contributed by atoms with Gasteiger partial charge < -0.3 is 9.64 Å². The van der Waals surface area contributed by atoms with Crippen molar-refractivity contribution < 1.29 is 9.53 Å². The maximum absolute atomic E-state index is 12.0. The molecule has 16 heavy (non-hydrogen) atoms. The molecular weight excluding hydrogens is 202 g/mol. The Kier molecular flexibility index (Phi) is 2.21. The standard InChI is InChI=1S/C13H15NO2/c1-9-2-3-10-4-5-13(15)14(12(10)6-9)11-7-16-8-11/h2-3,6,11H,4-5,7-8H2,1H3. The predicted molar refractivity (Wildman–Crippen MR) is 61.6 cm³/mol. The quantitative estimate of drug-likeness (QED) is 0.716. The first kappa shape index (κ1) is 9.85. The van der Waals surface area contributed by atoms with E-state index >= 15 is 0 Å². The second-order valence-corrected chi connectivity index (χ2v) is 4.59. The van der Waals surface area contributed by atoms with Gasteiger partial charge in [-0.2, -0.15) is 0 Å². The molecule has 0 bridgehead atoms. The Morgan fingerprint density at radius 1 is 1.31 bits per heavy atom. The van der Waals surface area contributed by atoms with E-state index in [2.05, 4.69) is 25.1 Å². The van der Waals surface area contributed by atoms with E-state index in [0.717, 1.165) is 12.1 Å². The Balaban J connectivity index is 2.04. The van der Waals surface area contributed by atoms with Gasteiger partial charge in [0.1, 0.15) is 0 Å². The van der Waals surface area contributed by atoms with Gasteiger partial charge in [0.05, 0.1) is 19.3 Å². The molecule has 0 spiro atoms. The maximum Gasteiger partial charge on any atom is 0.227 e. The summed E-state index contributed by atoms with van der Waals surface area (Å²) in [5.74, 6) is 0.242. The normalized spacial score (nSPS) is 20.6. The van der Waals surface area contributed by atoms with Gasteiger partial charge in [0.25, 0.3) is 0 Å². The molecule has 0 unspecified atom stereocenters. The molecule has 0 aliphatic carbocycles. The number of anilines is 1. The first-order valence-electron chi connectivity index (χ1n) is 5.75. The summed E-state index contributed by atoms with van der Waals surface area (Å²) in [6.07, 6.45) is 1.51. The summed E-state index contributed by atoms with van der Waals surface area (Å²) in [7, 11) is 0. The van der Waals surface area contributed by atoms with Crippen LogP contribution in [0.15, 0.2) is 18.2 Å². The van der Waals surface area contributed by atoms with E-state index in [-0.39, 0.29) is 11.9 Å². The molecule has 1 aromatic carbocycles. The van der Waals surface area contributed by atoms with E-state index in [0.29, 0.717) is 19.6 Å². The van der Waals surface area contributed by atoms with Crippen molar-refractivity contribution >= 4 is 11.6 Å². The summed E-state index contributed by atoms with van der Waals surface area (Å²) in [6, 6.07) is 6.63. The Morgan fingerprint density at radius 3 is 2.81 bits per heavy atom. The average Bonchev–Trinajstić information content (AvgIpc) is 2.20. The second kappa shape index (κ2) is 3.59. The van der Waals surface area contributed by atoms with Crippen LogP contribution in [0.5, 0.6) is 0 Å². The van der Waals surface area contributed by atoms with E-state index < -0.39 is 0 Å². The molecule has 1 fully saturated rings. The van der Waals surface area contributed by atoms with Gasteiger partial charge in [-0.05, 0) is 30.5 Å². The highest BCUT2D eigenvalue weighted by Crippen LogP contribution is 2.32. The predicted octanol–water partition coefficient (Wildman–Crippen LogP) is 1.67. The Bertz CT molecular complexity index is 438. The third kappa shape index (κ3) is 1.43. The van der Waals surface area contributed by atoms with Crippen LogP contribution in [0, 0.1) is 6.92 Å². The minimum absolute atomic E-state index is 0.242. The molecular formula is C13H15NO2. The van der Waals surface area contributed by atoms with Gasteiger partial charge in [0, 0.05) is 12.1 Å². The molecule has 3 nitrogen and oxygen atoms in total. The monoisotopic (exact) mass is 217 g/mol. The number of rotatable bonds is 1. The van der Waals surface area contributed by atoms with Crippen LogP contribution in [0.2, 0.25) is 0 Å². The number of ether oxygens (including phenoxy) is 1. The highest BCUT2D eigenvalue weighted by Gasteiger charge is 2.34. The highest BCUT2D eigenvalue weighted by atomic mass is 16.5.